The molecule has 0 fully saturated rings. The van der Waals surface area contributed by atoms with Crippen molar-refractivity contribution in [3.63, 3.8) is 0 Å². The number of aliphatic carboxylic acids is 1. The first-order chi connectivity index (χ1) is 18.0. The molecule has 1 amide bonds. The van der Waals surface area contributed by atoms with Gasteiger partial charge in [0.25, 0.3) is 0 Å². The van der Waals surface area contributed by atoms with Crippen LogP contribution in [0.4, 0.5) is 11.4 Å². The summed E-state index contributed by atoms with van der Waals surface area (Å²) < 4.78 is 34.1. The molecule has 0 bridgehead atoms. The summed E-state index contributed by atoms with van der Waals surface area (Å²) >= 11 is 0. The molecule has 1 atom stereocenters. The van der Waals surface area contributed by atoms with Gasteiger partial charge in [-0.1, -0.05) is 24.3 Å². The third kappa shape index (κ3) is 5.43. The highest BCUT2D eigenvalue weighted by molar-refractivity contribution is 7.89. The Morgan fingerprint density at radius 2 is 1.82 bits per heavy atom. The molecule has 1 unspecified atom stereocenters. The van der Waals surface area contributed by atoms with Gasteiger partial charge < -0.3 is 26.6 Å². The fourth-order valence-electron chi connectivity index (χ4n) is 4.56. The lowest BCUT2D eigenvalue weighted by molar-refractivity contribution is -0.137. The normalized spacial score (nSPS) is 15.5. The van der Waals surface area contributed by atoms with E-state index in [4.69, 9.17) is 16.2 Å². The molecule has 3 aromatic carbocycles. The molecule has 0 aliphatic carbocycles. The molecular formula is C27H30N4O6S. The molecule has 200 valence electrons. The van der Waals surface area contributed by atoms with E-state index in [1.807, 2.05) is 31.2 Å². The largest absolute Gasteiger partial charge is 0.491 e. The first kappa shape index (κ1) is 27.0. The van der Waals surface area contributed by atoms with Gasteiger partial charge in [0.1, 0.15) is 17.3 Å². The molecule has 0 saturated heterocycles. The van der Waals surface area contributed by atoms with Gasteiger partial charge in [-0.3, -0.25) is 9.59 Å². The Bertz CT molecular complexity index is 1510. The summed E-state index contributed by atoms with van der Waals surface area (Å²) in [6.07, 6.45) is -0.167. The van der Waals surface area contributed by atoms with Crippen molar-refractivity contribution in [3.8, 4) is 5.75 Å². The van der Waals surface area contributed by atoms with E-state index in [-0.39, 0.29) is 42.3 Å². The van der Waals surface area contributed by atoms with Gasteiger partial charge in [0.05, 0.1) is 17.8 Å². The molecule has 1 aliphatic heterocycles. The number of carbonyl (C=O) groups is 2. The summed E-state index contributed by atoms with van der Waals surface area (Å²) in [5.41, 5.74) is 15.8. The number of carbonyl (C=O) groups excluding carboxylic acids is 1. The lowest BCUT2D eigenvalue weighted by atomic mass is 9.86. The Morgan fingerprint density at radius 1 is 1.11 bits per heavy atom. The number of carboxylic acids is 1. The third-order valence-corrected chi connectivity index (χ3v) is 8.56. The summed E-state index contributed by atoms with van der Waals surface area (Å²) in [5.74, 6) is -2.05. The van der Waals surface area contributed by atoms with E-state index in [2.05, 4.69) is 5.32 Å². The van der Waals surface area contributed by atoms with E-state index >= 15 is 0 Å². The van der Waals surface area contributed by atoms with E-state index in [9.17, 15) is 23.1 Å². The topological polar surface area (TPSA) is 165 Å². The van der Waals surface area contributed by atoms with Gasteiger partial charge in [-0.05, 0) is 59.5 Å². The van der Waals surface area contributed by atoms with Gasteiger partial charge in [-0.15, -0.1) is 0 Å². The second kappa shape index (κ2) is 10.7. The number of hydrogen-bond acceptors (Lipinski definition) is 7. The monoisotopic (exact) mass is 538 g/mol. The average molecular weight is 539 g/mol. The summed E-state index contributed by atoms with van der Waals surface area (Å²) in [6.45, 7) is 2.12. The quantitative estimate of drug-likeness (QED) is 0.318. The van der Waals surface area contributed by atoms with Crippen LogP contribution in [0.15, 0.2) is 59.5 Å². The SMILES string of the molecule is CNc1ccc(C(CC(=O)O)c2ccc(C)c(CN3CCOc4ccc(C(N)=O)cc4S3(=O)=O)c2)cc1N. The highest BCUT2D eigenvalue weighted by Crippen LogP contribution is 2.35. The van der Waals surface area contributed by atoms with Crippen LogP contribution in [-0.2, 0) is 21.4 Å². The van der Waals surface area contributed by atoms with Crippen LogP contribution in [0.25, 0.3) is 0 Å². The zero-order valence-corrected chi connectivity index (χ0v) is 21.9. The Kier molecular flexibility index (Phi) is 7.61. The molecule has 11 heteroatoms. The van der Waals surface area contributed by atoms with Gasteiger partial charge in [-0.25, -0.2) is 8.42 Å². The second-order valence-electron chi connectivity index (χ2n) is 9.15. The number of rotatable bonds is 8. The first-order valence-electron chi connectivity index (χ1n) is 12.0. The molecular weight excluding hydrogens is 508 g/mol. The molecule has 0 saturated carbocycles. The van der Waals surface area contributed by atoms with Crippen LogP contribution in [-0.4, -0.2) is 49.9 Å². The van der Waals surface area contributed by atoms with Crippen molar-refractivity contribution in [3.05, 3.63) is 82.4 Å². The Hall–Kier alpha value is -4.09. The summed E-state index contributed by atoms with van der Waals surface area (Å²) in [7, 11) is -2.27. The number of fused-ring (bicyclic) bond motifs is 1. The Morgan fingerprint density at radius 3 is 2.47 bits per heavy atom. The minimum absolute atomic E-state index is 0.0340. The number of ether oxygens (including phenoxy) is 1. The highest BCUT2D eigenvalue weighted by Gasteiger charge is 2.32. The third-order valence-electron chi connectivity index (χ3n) is 6.69. The number of nitrogen functional groups attached to an aromatic ring is 1. The van der Waals surface area contributed by atoms with Gasteiger partial charge in [-0.2, -0.15) is 4.31 Å². The number of anilines is 2. The van der Waals surface area contributed by atoms with Gasteiger partial charge in [0.15, 0.2) is 0 Å². The van der Waals surface area contributed by atoms with Gasteiger partial charge in [0.2, 0.25) is 15.9 Å². The van der Waals surface area contributed by atoms with Crippen molar-refractivity contribution >= 4 is 33.3 Å². The van der Waals surface area contributed by atoms with Crippen molar-refractivity contribution in [1.29, 1.82) is 0 Å². The minimum Gasteiger partial charge on any atom is -0.491 e. The maximum atomic E-state index is 13.6. The number of aryl methyl sites for hydroxylation is 1. The highest BCUT2D eigenvalue weighted by atomic mass is 32.2. The van der Waals surface area contributed by atoms with E-state index in [1.54, 1.807) is 19.2 Å². The Labute approximate surface area is 221 Å². The van der Waals surface area contributed by atoms with Crippen molar-refractivity contribution in [1.82, 2.24) is 4.31 Å². The Balaban J connectivity index is 1.72. The number of nitrogens with one attached hydrogen (secondary N) is 1. The van der Waals surface area contributed by atoms with Crippen LogP contribution >= 0.6 is 0 Å². The fraction of sp³-hybridized carbons (Fsp3) is 0.259. The fourth-order valence-corrected chi connectivity index (χ4v) is 6.12. The van der Waals surface area contributed by atoms with Crippen LogP contribution in [0.5, 0.6) is 5.75 Å². The standard InChI is InChI=1S/C27H30N4O6S/c1-16-3-4-17(21(14-26(32)33)18-5-7-23(30-2)22(28)12-18)11-20(16)15-31-9-10-37-24-8-6-19(27(29)34)13-25(24)38(31,35)36/h3-8,11-13,21,30H,9-10,14-15,28H2,1-2H3,(H2,29,34)(H,32,33). The molecule has 1 heterocycles. The zero-order valence-electron chi connectivity index (χ0n) is 21.1. The number of nitrogens with zero attached hydrogens (tertiary/aromatic N) is 1. The molecule has 4 rings (SSSR count). The maximum Gasteiger partial charge on any atom is 0.304 e. The minimum atomic E-state index is -4.02. The van der Waals surface area contributed by atoms with E-state index < -0.39 is 27.8 Å². The van der Waals surface area contributed by atoms with E-state index in [0.717, 1.165) is 27.9 Å². The van der Waals surface area contributed by atoms with Crippen LogP contribution in [0.1, 0.15) is 45.0 Å². The van der Waals surface area contributed by atoms with Crippen LogP contribution in [0.3, 0.4) is 0 Å². The predicted octanol–water partition coefficient (Wildman–Crippen LogP) is 2.91. The van der Waals surface area contributed by atoms with Gasteiger partial charge >= 0.3 is 5.97 Å². The second-order valence-corrected chi connectivity index (χ2v) is 11.1. The van der Waals surface area contributed by atoms with Crippen molar-refractivity contribution in [2.24, 2.45) is 5.73 Å². The maximum absolute atomic E-state index is 13.6. The number of hydrogen-bond donors (Lipinski definition) is 4. The van der Waals surface area contributed by atoms with E-state index in [0.29, 0.717) is 5.69 Å². The first-order valence-corrected chi connectivity index (χ1v) is 13.4. The molecule has 6 N–H and O–H groups in total. The molecule has 3 aromatic rings. The zero-order chi connectivity index (χ0) is 27.6. The van der Waals surface area contributed by atoms with Crippen LogP contribution in [0.2, 0.25) is 0 Å². The number of amides is 1. The van der Waals surface area contributed by atoms with Crippen molar-refractivity contribution in [2.45, 2.75) is 30.7 Å². The summed E-state index contributed by atoms with van der Waals surface area (Å²) in [6, 6.07) is 15.0. The summed E-state index contributed by atoms with van der Waals surface area (Å²) in [4.78, 5) is 23.3. The number of carboxylic acid groups (broad SMARTS) is 1. The van der Waals surface area contributed by atoms with Crippen molar-refractivity contribution in [2.75, 3.05) is 31.2 Å². The molecule has 0 radical (unpaired) electrons. The van der Waals surface area contributed by atoms with Gasteiger partial charge in [0, 0.05) is 31.6 Å². The van der Waals surface area contributed by atoms with E-state index in [1.165, 1.54) is 22.5 Å². The van der Waals surface area contributed by atoms with Crippen molar-refractivity contribution < 1.29 is 27.9 Å². The predicted molar refractivity (Wildman–Crippen MR) is 144 cm³/mol. The number of benzene rings is 3. The summed E-state index contributed by atoms with van der Waals surface area (Å²) in [5, 5.41) is 12.6. The number of sulfonamides is 1. The number of primary amides is 1. The smallest absolute Gasteiger partial charge is 0.304 e. The van der Waals surface area contributed by atoms with Crippen LogP contribution < -0.4 is 21.5 Å². The van der Waals surface area contributed by atoms with Crippen LogP contribution in [0, 0.1) is 6.92 Å². The molecule has 38 heavy (non-hydrogen) atoms. The molecule has 10 nitrogen and oxygen atoms in total. The lowest BCUT2D eigenvalue weighted by Gasteiger charge is -2.23. The molecule has 0 aromatic heterocycles. The average Bonchev–Trinajstić information content (AvgIpc) is 2.99. The number of nitrogens with two attached hydrogens (primary N) is 2. The molecule has 0 spiro atoms. The molecule has 1 aliphatic rings. The lowest BCUT2D eigenvalue weighted by Crippen LogP contribution is -2.32.